The molecule has 0 aliphatic carbocycles. The second-order valence-electron chi connectivity index (χ2n) is 5.74. The number of aryl methyl sites for hydroxylation is 1. The van der Waals surface area contributed by atoms with Crippen molar-refractivity contribution < 1.29 is 4.79 Å². The molecule has 0 bridgehead atoms. The van der Waals surface area contributed by atoms with Crippen LogP contribution in [0.4, 0.5) is 0 Å². The van der Waals surface area contributed by atoms with Crippen LogP contribution in [0, 0.1) is 6.92 Å². The minimum Gasteiger partial charge on any atom is -0.351 e. The van der Waals surface area contributed by atoms with E-state index in [1.54, 1.807) is 0 Å². The highest BCUT2D eigenvalue weighted by Gasteiger charge is 2.06. The lowest BCUT2D eigenvalue weighted by atomic mass is 10.1. The Bertz CT molecular complexity index is 890. The molecule has 6 heteroatoms. The highest BCUT2D eigenvalue weighted by atomic mass is 32.2. The fraction of sp³-hybridized carbons (Fsp3) is 0.150. The first-order valence-electron chi connectivity index (χ1n) is 8.30. The maximum absolute atomic E-state index is 11.9. The van der Waals surface area contributed by atoms with Crippen LogP contribution in [0.5, 0.6) is 0 Å². The number of benzene rings is 2. The smallest absolute Gasteiger partial charge is 0.230 e. The highest BCUT2D eigenvalue weighted by Crippen LogP contribution is 2.14. The van der Waals surface area contributed by atoms with Gasteiger partial charge in [-0.05, 0) is 29.7 Å². The van der Waals surface area contributed by atoms with Gasteiger partial charge in [-0.25, -0.2) is 4.98 Å². The van der Waals surface area contributed by atoms with Gasteiger partial charge in [-0.3, -0.25) is 9.89 Å². The molecule has 1 amide bonds. The number of nitrogens with zero attached hydrogens (tertiary/aromatic N) is 2. The summed E-state index contributed by atoms with van der Waals surface area (Å²) in [6, 6.07) is 18.0. The van der Waals surface area contributed by atoms with Crippen molar-refractivity contribution in [2.75, 3.05) is 5.75 Å². The van der Waals surface area contributed by atoms with E-state index >= 15 is 0 Å². The maximum Gasteiger partial charge on any atom is 0.230 e. The van der Waals surface area contributed by atoms with Crippen LogP contribution >= 0.6 is 11.8 Å². The summed E-state index contributed by atoms with van der Waals surface area (Å²) in [5.74, 6) is 0.909. The first-order valence-corrected chi connectivity index (χ1v) is 9.29. The topological polar surface area (TPSA) is 70.7 Å². The van der Waals surface area contributed by atoms with Gasteiger partial charge < -0.3 is 5.32 Å². The van der Waals surface area contributed by atoms with E-state index in [9.17, 15) is 4.79 Å². The summed E-state index contributed by atoms with van der Waals surface area (Å²) in [5, 5.41) is 10.5. The molecule has 0 saturated carbocycles. The molecular weight excluding hydrogens is 344 g/mol. The van der Waals surface area contributed by atoms with Crippen LogP contribution in [0.15, 0.2) is 59.8 Å². The van der Waals surface area contributed by atoms with E-state index in [0.29, 0.717) is 17.5 Å². The van der Waals surface area contributed by atoms with Crippen LogP contribution < -0.4 is 5.32 Å². The Balaban J connectivity index is 1.47. The fourth-order valence-electron chi connectivity index (χ4n) is 2.32. The van der Waals surface area contributed by atoms with Crippen molar-refractivity contribution >= 4 is 29.8 Å². The fourth-order valence-corrected chi connectivity index (χ4v) is 2.95. The normalized spacial score (nSPS) is 11.0. The SMILES string of the molecule is Cc1ccccc1C=Cc1nc(SCC(=O)NCc2ccccc2)n[nH]1. The molecule has 1 heterocycles. The molecule has 0 spiro atoms. The zero-order valence-electron chi connectivity index (χ0n) is 14.5. The molecule has 2 N–H and O–H groups in total. The molecule has 0 aliphatic rings. The molecule has 1 aromatic heterocycles. The van der Waals surface area contributed by atoms with E-state index in [4.69, 9.17) is 0 Å². The molecule has 132 valence electrons. The van der Waals surface area contributed by atoms with Gasteiger partial charge in [0.05, 0.1) is 5.75 Å². The zero-order valence-corrected chi connectivity index (χ0v) is 15.3. The Morgan fingerprint density at radius 2 is 1.88 bits per heavy atom. The van der Waals surface area contributed by atoms with Crippen molar-refractivity contribution in [1.82, 2.24) is 20.5 Å². The molecule has 26 heavy (non-hydrogen) atoms. The molecule has 0 saturated heterocycles. The van der Waals surface area contributed by atoms with E-state index in [-0.39, 0.29) is 11.7 Å². The Labute approximate surface area is 156 Å². The lowest BCUT2D eigenvalue weighted by molar-refractivity contribution is -0.118. The predicted octanol–water partition coefficient (Wildman–Crippen LogP) is 3.69. The number of H-pyrrole nitrogens is 1. The van der Waals surface area contributed by atoms with Crippen molar-refractivity contribution in [1.29, 1.82) is 0 Å². The number of aromatic nitrogens is 3. The first-order chi connectivity index (χ1) is 12.7. The number of nitrogens with one attached hydrogen (secondary N) is 2. The Hall–Kier alpha value is -2.86. The van der Waals surface area contributed by atoms with Crippen LogP contribution in [-0.2, 0) is 11.3 Å². The van der Waals surface area contributed by atoms with E-state index < -0.39 is 0 Å². The van der Waals surface area contributed by atoms with Gasteiger partial charge in [-0.1, -0.05) is 72.4 Å². The van der Waals surface area contributed by atoms with Crippen molar-refractivity contribution in [3.8, 4) is 0 Å². The second kappa shape index (κ2) is 9.01. The van der Waals surface area contributed by atoms with Gasteiger partial charge in [0.1, 0.15) is 5.82 Å². The predicted molar refractivity (Wildman–Crippen MR) is 106 cm³/mol. The first kappa shape index (κ1) is 17.9. The molecule has 3 rings (SSSR count). The summed E-state index contributed by atoms with van der Waals surface area (Å²) >= 11 is 1.31. The zero-order chi connectivity index (χ0) is 18.2. The molecular formula is C20H20N4OS. The van der Waals surface area contributed by atoms with Crippen LogP contribution in [0.1, 0.15) is 22.5 Å². The summed E-state index contributed by atoms with van der Waals surface area (Å²) in [7, 11) is 0. The third kappa shape index (κ3) is 5.32. The van der Waals surface area contributed by atoms with Crippen LogP contribution in [0.3, 0.4) is 0 Å². The molecule has 0 atom stereocenters. The van der Waals surface area contributed by atoms with Crippen molar-refractivity contribution in [2.45, 2.75) is 18.6 Å². The van der Waals surface area contributed by atoms with Gasteiger partial charge in [-0.2, -0.15) is 0 Å². The highest BCUT2D eigenvalue weighted by molar-refractivity contribution is 7.99. The summed E-state index contributed by atoms with van der Waals surface area (Å²) in [6.45, 7) is 2.59. The van der Waals surface area contributed by atoms with Crippen molar-refractivity contribution in [3.63, 3.8) is 0 Å². The quantitative estimate of drug-likeness (QED) is 0.627. The average Bonchev–Trinajstić information content (AvgIpc) is 3.13. The number of thioether (sulfide) groups is 1. The minimum absolute atomic E-state index is 0.0411. The Morgan fingerprint density at radius 1 is 1.12 bits per heavy atom. The van der Waals surface area contributed by atoms with Gasteiger partial charge in [0, 0.05) is 6.54 Å². The van der Waals surface area contributed by atoms with Gasteiger partial charge in [0.15, 0.2) is 0 Å². The minimum atomic E-state index is -0.0411. The van der Waals surface area contributed by atoms with Crippen molar-refractivity contribution in [3.05, 3.63) is 77.1 Å². The lowest BCUT2D eigenvalue weighted by Gasteiger charge is -2.03. The molecule has 2 aromatic carbocycles. The van der Waals surface area contributed by atoms with Gasteiger partial charge in [0.2, 0.25) is 11.1 Å². The molecule has 0 aliphatic heterocycles. The number of carbonyl (C=O) groups is 1. The van der Waals surface area contributed by atoms with Crippen LogP contribution in [-0.4, -0.2) is 26.8 Å². The number of hydrogen-bond donors (Lipinski definition) is 2. The van der Waals surface area contributed by atoms with Crippen LogP contribution in [0.25, 0.3) is 12.2 Å². The lowest BCUT2D eigenvalue weighted by Crippen LogP contribution is -2.24. The Morgan fingerprint density at radius 3 is 2.69 bits per heavy atom. The molecule has 3 aromatic rings. The van der Waals surface area contributed by atoms with Crippen LogP contribution in [0.2, 0.25) is 0 Å². The van der Waals surface area contributed by atoms with E-state index in [1.807, 2.05) is 54.6 Å². The monoisotopic (exact) mass is 364 g/mol. The number of amides is 1. The summed E-state index contributed by atoms with van der Waals surface area (Å²) < 4.78 is 0. The summed E-state index contributed by atoms with van der Waals surface area (Å²) in [4.78, 5) is 16.3. The second-order valence-corrected chi connectivity index (χ2v) is 6.69. The maximum atomic E-state index is 11.9. The molecule has 0 unspecified atom stereocenters. The number of hydrogen-bond acceptors (Lipinski definition) is 4. The Kier molecular flexibility index (Phi) is 6.22. The van der Waals surface area contributed by atoms with E-state index in [0.717, 1.165) is 11.1 Å². The third-order valence-corrected chi connectivity index (χ3v) is 4.60. The van der Waals surface area contributed by atoms with Gasteiger partial charge >= 0.3 is 0 Å². The molecule has 0 radical (unpaired) electrons. The summed E-state index contributed by atoms with van der Waals surface area (Å²) in [5.41, 5.74) is 3.42. The van der Waals surface area contributed by atoms with Gasteiger partial charge in [-0.15, -0.1) is 5.10 Å². The van der Waals surface area contributed by atoms with E-state index in [2.05, 4.69) is 39.6 Å². The standard InChI is InChI=1S/C20H20N4OS/c1-15-7-5-6-10-17(15)11-12-18-22-20(24-23-18)26-14-19(25)21-13-16-8-3-2-4-9-16/h2-12H,13-14H2,1H3,(H,21,25)(H,22,23,24). The number of carbonyl (C=O) groups excluding carboxylic acids is 1. The van der Waals surface area contributed by atoms with E-state index in [1.165, 1.54) is 17.3 Å². The largest absolute Gasteiger partial charge is 0.351 e. The number of rotatable bonds is 7. The van der Waals surface area contributed by atoms with Gasteiger partial charge in [0.25, 0.3) is 0 Å². The average molecular weight is 364 g/mol. The summed E-state index contributed by atoms with van der Waals surface area (Å²) in [6.07, 6.45) is 3.88. The molecule has 0 fully saturated rings. The third-order valence-electron chi connectivity index (χ3n) is 3.76. The number of aromatic amines is 1. The molecule has 5 nitrogen and oxygen atoms in total. The van der Waals surface area contributed by atoms with Crippen molar-refractivity contribution in [2.24, 2.45) is 0 Å².